The summed E-state index contributed by atoms with van der Waals surface area (Å²) in [5.41, 5.74) is 5.06. The van der Waals surface area contributed by atoms with Crippen LogP contribution in [0.15, 0.2) is 0 Å². The maximum atomic E-state index is 11.5. The van der Waals surface area contributed by atoms with Crippen LogP contribution in [0.2, 0.25) is 0 Å². The van der Waals surface area contributed by atoms with Gasteiger partial charge in [0.25, 0.3) is 0 Å². The Bertz CT molecular complexity index is 166. The zero-order valence-electron chi connectivity index (χ0n) is 9.18. The third kappa shape index (κ3) is 4.27. The van der Waals surface area contributed by atoms with E-state index < -0.39 is 5.54 Å². The molecule has 0 saturated heterocycles. The number of rotatable bonds is 5. The Balaban J connectivity index is 3.88. The van der Waals surface area contributed by atoms with Gasteiger partial charge < -0.3 is 11.1 Å². The molecule has 0 aromatic carbocycles. The molecule has 0 radical (unpaired) electrons. The summed E-state index contributed by atoms with van der Waals surface area (Å²) in [5, 5.41) is 2.86. The number of hydrogen-bond donors (Lipinski definition) is 2. The van der Waals surface area contributed by atoms with Crippen LogP contribution in [0.5, 0.6) is 0 Å². The Morgan fingerprint density at radius 2 is 2.08 bits per heavy atom. The summed E-state index contributed by atoms with van der Waals surface area (Å²) in [6.07, 6.45) is 1.74. The maximum Gasteiger partial charge on any atom is 0.239 e. The smallest absolute Gasteiger partial charge is 0.239 e. The van der Waals surface area contributed by atoms with Crippen LogP contribution in [0.3, 0.4) is 0 Å². The lowest BCUT2D eigenvalue weighted by Crippen LogP contribution is -2.51. The second-order valence-electron chi connectivity index (χ2n) is 3.99. The van der Waals surface area contributed by atoms with E-state index in [4.69, 9.17) is 5.73 Å². The molecule has 78 valence electrons. The van der Waals surface area contributed by atoms with Gasteiger partial charge in [0, 0.05) is 6.54 Å². The molecule has 2 unspecified atom stereocenters. The quantitative estimate of drug-likeness (QED) is 0.679. The summed E-state index contributed by atoms with van der Waals surface area (Å²) in [6, 6.07) is 0. The number of hydrogen-bond acceptors (Lipinski definition) is 2. The highest BCUT2D eigenvalue weighted by molar-refractivity contribution is 5.85. The predicted octanol–water partition coefficient (Wildman–Crippen LogP) is 1.28. The van der Waals surface area contributed by atoms with Crippen LogP contribution < -0.4 is 11.1 Å². The summed E-state index contributed by atoms with van der Waals surface area (Å²) in [4.78, 5) is 11.5. The van der Waals surface area contributed by atoms with Crippen LogP contribution in [0.1, 0.15) is 40.5 Å². The number of nitrogens with one attached hydrogen (secondary N) is 1. The predicted molar refractivity (Wildman–Crippen MR) is 55.3 cm³/mol. The van der Waals surface area contributed by atoms with E-state index in [1.165, 1.54) is 0 Å². The molecule has 3 nitrogen and oxygen atoms in total. The molecule has 1 amide bonds. The van der Waals surface area contributed by atoms with Gasteiger partial charge in [-0.05, 0) is 19.3 Å². The number of carbonyl (C=O) groups excluding carboxylic acids is 1. The minimum absolute atomic E-state index is 0.0460. The van der Waals surface area contributed by atoms with Crippen molar-refractivity contribution in [3.8, 4) is 0 Å². The van der Waals surface area contributed by atoms with E-state index >= 15 is 0 Å². The second kappa shape index (κ2) is 5.22. The minimum Gasteiger partial charge on any atom is -0.354 e. The number of nitrogens with two attached hydrogens (primary N) is 1. The molecule has 3 N–H and O–H groups in total. The molecule has 3 heteroatoms. The molecular weight excluding hydrogens is 164 g/mol. The van der Waals surface area contributed by atoms with Gasteiger partial charge in [0.2, 0.25) is 5.91 Å². The first-order chi connectivity index (χ1) is 5.94. The topological polar surface area (TPSA) is 55.1 Å². The standard InChI is InChI=1S/C10H22N2O/c1-5-8(3)7-12-9(13)10(4,11)6-2/h8H,5-7,11H2,1-4H3,(H,12,13). The van der Waals surface area contributed by atoms with Crippen LogP contribution in [-0.2, 0) is 4.79 Å². The van der Waals surface area contributed by atoms with Crippen molar-refractivity contribution in [2.24, 2.45) is 11.7 Å². The fourth-order valence-electron chi connectivity index (χ4n) is 0.774. The van der Waals surface area contributed by atoms with Crippen LogP contribution in [0.25, 0.3) is 0 Å². The first-order valence-corrected chi connectivity index (χ1v) is 5.01. The summed E-state index contributed by atoms with van der Waals surface area (Å²) in [7, 11) is 0. The molecule has 0 bridgehead atoms. The highest BCUT2D eigenvalue weighted by Crippen LogP contribution is 2.05. The van der Waals surface area contributed by atoms with Gasteiger partial charge in [-0.2, -0.15) is 0 Å². The van der Waals surface area contributed by atoms with E-state index in [0.717, 1.165) is 13.0 Å². The lowest BCUT2D eigenvalue weighted by molar-refractivity contribution is -0.126. The van der Waals surface area contributed by atoms with Crippen molar-refractivity contribution in [2.75, 3.05) is 6.54 Å². The van der Waals surface area contributed by atoms with Gasteiger partial charge in [0.1, 0.15) is 0 Å². The first-order valence-electron chi connectivity index (χ1n) is 5.01. The summed E-state index contributed by atoms with van der Waals surface area (Å²) in [5.74, 6) is 0.479. The van der Waals surface area contributed by atoms with Crippen molar-refractivity contribution in [2.45, 2.75) is 46.1 Å². The van der Waals surface area contributed by atoms with Crippen LogP contribution in [-0.4, -0.2) is 18.0 Å². The summed E-state index contributed by atoms with van der Waals surface area (Å²) >= 11 is 0. The number of amides is 1. The normalized spacial score (nSPS) is 17.6. The Kier molecular flexibility index (Phi) is 4.99. The van der Waals surface area contributed by atoms with Crippen molar-refractivity contribution in [3.05, 3.63) is 0 Å². The molecule has 0 heterocycles. The highest BCUT2D eigenvalue weighted by Gasteiger charge is 2.25. The van der Waals surface area contributed by atoms with Gasteiger partial charge >= 0.3 is 0 Å². The van der Waals surface area contributed by atoms with E-state index in [2.05, 4.69) is 19.2 Å². The minimum atomic E-state index is -0.715. The largest absolute Gasteiger partial charge is 0.354 e. The average molecular weight is 186 g/mol. The third-order valence-electron chi connectivity index (χ3n) is 2.56. The Morgan fingerprint density at radius 1 is 1.54 bits per heavy atom. The molecular formula is C10H22N2O. The number of carbonyl (C=O) groups is 1. The van der Waals surface area contributed by atoms with E-state index in [0.29, 0.717) is 12.3 Å². The van der Waals surface area contributed by atoms with E-state index in [9.17, 15) is 4.79 Å². The highest BCUT2D eigenvalue weighted by atomic mass is 16.2. The molecule has 0 saturated carbocycles. The van der Waals surface area contributed by atoms with Gasteiger partial charge in [-0.15, -0.1) is 0 Å². The first kappa shape index (κ1) is 12.4. The van der Waals surface area contributed by atoms with Crippen molar-refractivity contribution >= 4 is 5.91 Å². The summed E-state index contributed by atoms with van der Waals surface area (Å²) in [6.45, 7) is 8.63. The lowest BCUT2D eigenvalue weighted by Gasteiger charge is -2.22. The Morgan fingerprint density at radius 3 is 2.46 bits per heavy atom. The van der Waals surface area contributed by atoms with E-state index in [1.54, 1.807) is 6.92 Å². The molecule has 0 rings (SSSR count). The van der Waals surface area contributed by atoms with Gasteiger partial charge in [-0.1, -0.05) is 27.2 Å². The van der Waals surface area contributed by atoms with Crippen LogP contribution in [0.4, 0.5) is 0 Å². The van der Waals surface area contributed by atoms with E-state index in [1.807, 2.05) is 6.92 Å². The van der Waals surface area contributed by atoms with Crippen molar-refractivity contribution < 1.29 is 4.79 Å². The molecule has 0 aliphatic carbocycles. The van der Waals surface area contributed by atoms with E-state index in [-0.39, 0.29) is 5.91 Å². The van der Waals surface area contributed by atoms with Crippen molar-refractivity contribution in [3.63, 3.8) is 0 Å². The summed E-state index contributed by atoms with van der Waals surface area (Å²) < 4.78 is 0. The molecule has 0 spiro atoms. The van der Waals surface area contributed by atoms with Gasteiger partial charge in [-0.25, -0.2) is 0 Å². The molecule has 13 heavy (non-hydrogen) atoms. The van der Waals surface area contributed by atoms with Gasteiger partial charge in [-0.3, -0.25) is 4.79 Å². The molecule has 2 atom stereocenters. The fraction of sp³-hybridized carbons (Fsp3) is 0.900. The molecule has 0 fully saturated rings. The van der Waals surface area contributed by atoms with Gasteiger partial charge in [0.15, 0.2) is 0 Å². The average Bonchev–Trinajstić information content (AvgIpc) is 2.13. The van der Waals surface area contributed by atoms with Crippen molar-refractivity contribution in [1.29, 1.82) is 0 Å². The maximum absolute atomic E-state index is 11.5. The van der Waals surface area contributed by atoms with Crippen LogP contribution in [0, 0.1) is 5.92 Å². The van der Waals surface area contributed by atoms with Crippen molar-refractivity contribution in [1.82, 2.24) is 5.32 Å². The molecule has 0 aromatic rings. The SMILES string of the molecule is CCC(C)CNC(=O)C(C)(N)CC. The zero-order chi connectivity index (χ0) is 10.5. The van der Waals surface area contributed by atoms with Gasteiger partial charge in [0.05, 0.1) is 5.54 Å². The lowest BCUT2D eigenvalue weighted by atomic mass is 9.99. The Labute approximate surface area is 81.1 Å². The fourth-order valence-corrected chi connectivity index (χ4v) is 0.774. The Hall–Kier alpha value is -0.570. The molecule has 0 aromatic heterocycles. The molecule has 0 aliphatic heterocycles. The molecule has 0 aliphatic rings. The third-order valence-corrected chi connectivity index (χ3v) is 2.56. The van der Waals surface area contributed by atoms with Crippen LogP contribution >= 0.6 is 0 Å². The zero-order valence-corrected chi connectivity index (χ0v) is 9.18. The monoisotopic (exact) mass is 186 g/mol. The second-order valence-corrected chi connectivity index (χ2v) is 3.99.